The maximum atomic E-state index is 5.21. The Morgan fingerprint density at radius 2 is 1.79 bits per heavy atom. The fraction of sp³-hybridized carbons (Fsp3) is 0.600. The molecule has 0 saturated carbocycles. The molecule has 1 saturated heterocycles. The van der Waals surface area contributed by atoms with E-state index < -0.39 is 0 Å². The van der Waals surface area contributed by atoms with Crippen molar-refractivity contribution in [1.29, 1.82) is 0 Å². The number of nitrogens with zero attached hydrogens (tertiary/aromatic N) is 2. The SMILES string of the molecule is CCC(NN1CCN(C)CC1)c1ccc(OC)cc1. The molecule has 0 amide bonds. The third-order valence-electron chi connectivity index (χ3n) is 3.77. The summed E-state index contributed by atoms with van der Waals surface area (Å²) in [6.07, 6.45) is 1.08. The average Bonchev–Trinajstić information content (AvgIpc) is 2.47. The van der Waals surface area contributed by atoms with Gasteiger partial charge in [0.15, 0.2) is 0 Å². The zero-order valence-corrected chi connectivity index (χ0v) is 12.2. The lowest BCUT2D eigenvalue weighted by atomic mass is 10.1. The van der Waals surface area contributed by atoms with Gasteiger partial charge < -0.3 is 9.64 Å². The van der Waals surface area contributed by atoms with Gasteiger partial charge in [-0.1, -0.05) is 19.1 Å². The Kier molecular flexibility index (Phi) is 5.19. The minimum Gasteiger partial charge on any atom is -0.497 e. The number of methoxy groups -OCH3 is 1. The molecule has 4 heteroatoms. The van der Waals surface area contributed by atoms with E-state index in [1.807, 2.05) is 12.1 Å². The number of rotatable bonds is 5. The molecule has 1 atom stereocenters. The van der Waals surface area contributed by atoms with Crippen molar-refractivity contribution in [3.05, 3.63) is 29.8 Å². The van der Waals surface area contributed by atoms with E-state index in [4.69, 9.17) is 4.74 Å². The Morgan fingerprint density at radius 3 is 2.32 bits per heavy atom. The van der Waals surface area contributed by atoms with E-state index in [0.29, 0.717) is 6.04 Å². The summed E-state index contributed by atoms with van der Waals surface area (Å²) in [6.45, 7) is 6.66. The molecule has 1 aromatic rings. The molecular weight excluding hydrogens is 238 g/mol. The molecule has 19 heavy (non-hydrogen) atoms. The lowest BCUT2D eigenvalue weighted by Gasteiger charge is -2.35. The summed E-state index contributed by atoms with van der Waals surface area (Å²) >= 11 is 0. The Balaban J connectivity index is 1.95. The van der Waals surface area contributed by atoms with Crippen LogP contribution in [0.25, 0.3) is 0 Å². The number of nitrogens with one attached hydrogen (secondary N) is 1. The fourth-order valence-corrected chi connectivity index (χ4v) is 2.39. The number of benzene rings is 1. The van der Waals surface area contributed by atoms with Gasteiger partial charge in [0, 0.05) is 32.2 Å². The van der Waals surface area contributed by atoms with Crippen LogP contribution in [0.5, 0.6) is 5.75 Å². The van der Waals surface area contributed by atoms with Crippen LogP contribution in [-0.4, -0.2) is 50.2 Å². The number of likely N-dealkylation sites (N-methyl/N-ethyl adjacent to an activating group) is 1. The second kappa shape index (κ2) is 6.89. The van der Waals surface area contributed by atoms with Crippen LogP contribution in [-0.2, 0) is 0 Å². The van der Waals surface area contributed by atoms with Gasteiger partial charge in [-0.25, -0.2) is 10.4 Å². The molecule has 1 N–H and O–H groups in total. The zero-order chi connectivity index (χ0) is 13.7. The molecule has 106 valence electrons. The van der Waals surface area contributed by atoms with Crippen LogP contribution in [0.15, 0.2) is 24.3 Å². The van der Waals surface area contributed by atoms with Crippen LogP contribution in [0.3, 0.4) is 0 Å². The third-order valence-corrected chi connectivity index (χ3v) is 3.77. The Bertz CT molecular complexity index is 371. The van der Waals surface area contributed by atoms with Gasteiger partial charge in [0.25, 0.3) is 0 Å². The first-order valence-electron chi connectivity index (χ1n) is 7.06. The second-order valence-electron chi connectivity index (χ2n) is 5.15. The minimum atomic E-state index is 0.384. The number of hydrogen-bond donors (Lipinski definition) is 1. The van der Waals surface area contributed by atoms with Crippen LogP contribution in [0.2, 0.25) is 0 Å². The van der Waals surface area contributed by atoms with Crippen molar-refractivity contribution in [2.45, 2.75) is 19.4 Å². The summed E-state index contributed by atoms with van der Waals surface area (Å²) in [5.74, 6) is 0.915. The third kappa shape index (κ3) is 3.93. The van der Waals surface area contributed by atoms with Crippen molar-refractivity contribution in [1.82, 2.24) is 15.3 Å². The number of hydrazine groups is 1. The molecule has 1 aliphatic rings. The number of ether oxygens (including phenoxy) is 1. The minimum absolute atomic E-state index is 0.384. The maximum Gasteiger partial charge on any atom is 0.118 e. The smallest absolute Gasteiger partial charge is 0.118 e. The van der Waals surface area contributed by atoms with Gasteiger partial charge in [0.05, 0.1) is 7.11 Å². The monoisotopic (exact) mass is 263 g/mol. The van der Waals surface area contributed by atoms with Crippen molar-refractivity contribution in [3.63, 3.8) is 0 Å². The van der Waals surface area contributed by atoms with Crippen LogP contribution >= 0.6 is 0 Å². The molecule has 2 rings (SSSR count). The molecule has 1 fully saturated rings. The summed E-state index contributed by atoms with van der Waals surface area (Å²) in [7, 11) is 3.88. The van der Waals surface area contributed by atoms with Crippen molar-refractivity contribution >= 4 is 0 Å². The maximum absolute atomic E-state index is 5.21. The highest BCUT2D eigenvalue weighted by Crippen LogP contribution is 2.20. The topological polar surface area (TPSA) is 27.7 Å². The molecule has 4 nitrogen and oxygen atoms in total. The average molecular weight is 263 g/mol. The van der Waals surface area contributed by atoms with Gasteiger partial charge in [-0.2, -0.15) is 0 Å². The fourth-order valence-electron chi connectivity index (χ4n) is 2.39. The highest BCUT2D eigenvalue weighted by atomic mass is 16.5. The number of piperazine rings is 1. The molecule has 1 heterocycles. The van der Waals surface area contributed by atoms with Gasteiger partial charge in [0.2, 0.25) is 0 Å². The van der Waals surface area contributed by atoms with Crippen LogP contribution in [0.4, 0.5) is 0 Å². The second-order valence-corrected chi connectivity index (χ2v) is 5.15. The first kappa shape index (κ1) is 14.3. The first-order valence-corrected chi connectivity index (χ1v) is 7.06. The molecule has 0 spiro atoms. The van der Waals surface area contributed by atoms with Crippen LogP contribution in [0.1, 0.15) is 24.9 Å². The lowest BCUT2D eigenvalue weighted by molar-refractivity contribution is 0.0857. The van der Waals surface area contributed by atoms with Crippen LogP contribution < -0.4 is 10.2 Å². The summed E-state index contributed by atoms with van der Waals surface area (Å²) in [5, 5.41) is 2.35. The normalized spacial score (nSPS) is 19.3. The Labute approximate surface area is 116 Å². The van der Waals surface area contributed by atoms with Gasteiger partial charge in [0.1, 0.15) is 5.75 Å². The lowest BCUT2D eigenvalue weighted by Crippen LogP contribution is -2.51. The summed E-state index contributed by atoms with van der Waals surface area (Å²) in [6, 6.07) is 8.74. The quantitative estimate of drug-likeness (QED) is 0.878. The van der Waals surface area contributed by atoms with Gasteiger partial charge in [-0.05, 0) is 31.2 Å². The molecule has 1 aromatic carbocycles. The summed E-state index contributed by atoms with van der Waals surface area (Å²) in [5.41, 5.74) is 4.97. The van der Waals surface area contributed by atoms with E-state index in [0.717, 1.165) is 38.3 Å². The van der Waals surface area contributed by atoms with E-state index in [2.05, 4.69) is 41.4 Å². The van der Waals surface area contributed by atoms with E-state index in [-0.39, 0.29) is 0 Å². The molecule has 0 bridgehead atoms. The molecule has 0 aliphatic carbocycles. The predicted octanol–water partition coefficient (Wildman–Crippen LogP) is 1.90. The van der Waals surface area contributed by atoms with E-state index in [1.54, 1.807) is 7.11 Å². The van der Waals surface area contributed by atoms with E-state index >= 15 is 0 Å². The standard InChI is InChI=1S/C15H25N3O/c1-4-15(13-5-7-14(19-3)8-6-13)16-18-11-9-17(2)10-12-18/h5-8,15-16H,4,9-12H2,1-3H3. The Hall–Kier alpha value is -1.10. The van der Waals surface area contributed by atoms with Gasteiger partial charge in [-0.15, -0.1) is 0 Å². The summed E-state index contributed by atoms with van der Waals surface area (Å²) < 4.78 is 5.21. The van der Waals surface area contributed by atoms with Crippen molar-refractivity contribution in [2.24, 2.45) is 0 Å². The summed E-state index contributed by atoms with van der Waals surface area (Å²) in [4.78, 5) is 2.37. The predicted molar refractivity (Wildman–Crippen MR) is 78.2 cm³/mol. The van der Waals surface area contributed by atoms with E-state index in [1.165, 1.54) is 5.56 Å². The van der Waals surface area contributed by atoms with Gasteiger partial charge in [-0.3, -0.25) is 0 Å². The van der Waals surface area contributed by atoms with Crippen molar-refractivity contribution in [3.8, 4) is 5.75 Å². The molecule has 0 aromatic heterocycles. The molecule has 1 aliphatic heterocycles. The molecule has 1 unspecified atom stereocenters. The highest BCUT2D eigenvalue weighted by Gasteiger charge is 2.17. The molecule has 0 radical (unpaired) electrons. The number of hydrogen-bond acceptors (Lipinski definition) is 4. The zero-order valence-electron chi connectivity index (χ0n) is 12.2. The van der Waals surface area contributed by atoms with Gasteiger partial charge >= 0.3 is 0 Å². The highest BCUT2D eigenvalue weighted by molar-refractivity contribution is 5.29. The molecular formula is C15H25N3O. The van der Waals surface area contributed by atoms with E-state index in [9.17, 15) is 0 Å². The van der Waals surface area contributed by atoms with Crippen LogP contribution in [0, 0.1) is 0 Å². The Morgan fingerprint density at radius 1 is 1.16 bits per heavy atom. The van der Waals surface area contributed by atoms with Crippen molar-refractivity contribution in [2.75, 3.05) is 40.3 Å². The first-order chi connectivity index (χ1) is 9.22. The largest absolute Gasteiger partial charge is 0.497 e. The van der Waals surface area contributed by atoms with Crippen molar-refractivity contribution < 1.29 is 4.74 Å².